The summed E-state index contributed by atoms with van der Waals surface area (Å²) in [5, 5.41) is 35.9. The minimum Gasteiger partial charge on any atom is -0.480 e. The molecule has 1 aromatic carbocycles. The van der Waals surface area contributed by atoms with Gasteiger partial charge in [-0.15, -0.1) is 0 Å². The Morgan fingerprint density at radius 3 is 2.16 bits per heavy atom. The van der Waals surface area contributed by atoms with Gasteiger partial charge in [-0.1, -0.05) is 18.2 Å². The number of nitrogens with one attached hydrogen (secondary N) is 4. The third kappa shape index (κ3) is 8.72. The number of carbonyl (C=O) groups excluding carboxylic acids is 3. The first kappa shape index (κ1) is 30.0. The van der Waals surface area contributed by atoms with Crippen LogP contribution in [0.2, 0.25) is 0 Å². The van der Waals surface area contributed by atoms with Crippen molar-refractivity contribution in [3.05, 3.63) is 36.0 Å². The van der Waals surface area contributed by atoms with E-state index in [1.165, 1.54) is 0 Å². The number of carboxylic acids is 1. The second-order valence-corrected chi connectivity index (χ2v) is 8.51. The first-order chi connectivity index (χ1) is 18.1. The standard InChI is InChI=1S/C23H34N8O7/c24-14(5-3-7-27-23(25)26)19(34)30-17(10-32)21(36)29-16(20(35)31-18(11-33)22(37)38)8-12-9-28-15-6-2-1-4-13(12)15/h1-2,4,6,9,14,16-18,28,32-33H,3,5,7-8,10-11,24H2,(H,29,36)(H,30,34)(H,31,35)(H,37,38)(H4,25,26,27). The van der Waals surface area contributed by atoms with Crippen molar-refractivity contribution < 1.29 is 34.5 Å². The fourth-order valence-corrected chi connectivity index (χ4v) is 3.58. The maximum Gasteiger partial charge on any atom is 0.328 e. The summed E-state index contributed by atoms with van der Waals surface area (Å²) in [7, 11) is 0. The van der Waals surface area contributed by atoms with Crippen LogP contribution in [0.1, 0.15) is 18.4 Å². The molecule has 4 unspecified atom stereocenters. The number of rotatable bonds is 15. The topological polar surface area (TPSA) is 271 Å². The third-order valence-electron chi connectivity index (χ3n) is 5.65. The van der Waals surface area contributed by atoms with Gasteiger partial charge in [0.1, 0.15) is 18.1 Å². The van der Waals surface area contributed by atoms with E-state index < -0.39 is 61.1 Å². The molecule has 0 bridgehead atoms. The second kappa shape index (κ2) is 14.5. The summed E-state index contributed by atoms with van der Waals surface area (Å²) in [6.07, 6.45) is 2.18. The number of amides is 3. The zero-order valence-corrected chi connectivity index (χ0v) is 20.6. The first-order valence-corrected chi connectivity index (χ1v) is 11.8. The molecule has 0 aliphatic heterocycles. The molecule has 15 nitrogen and oxygen atoms in total. The van der Waals surface area contributed by atoms with E-state index in [0.29, 0.717) is 12.0 Å². The number of nitrogens with two attached hydrogens (primary N) is 3. The number of aliphatic hydroxyl groups is 2. The van der Waals surface area contributed by atoms with Crippen molar-refractivity contribution >= 4 is 40.6 Å². The van der Waals surface area contributed by atoms with E-state index >= 15 is 0 Å². The van der Waals surface area contributed by atoms with Crippen LogP contribution in [-0.4, -0.2) is 93.9 Å². The monoisotopic (exact) mass is 534 g/mol. The van der Waals surface area contributed by atoms with Crippen LogP contribution in [0.15, 0.2) is 35.5 Å². The van der Waals surface area contributed by atoms with Crippen molar-refractivity contribution in [3.63, 3.8) is 0 Å². The lowest BCUT2D eigenvalue weighted by Crippen LogP contribution is -2.58. The number of fused-ring (bicyclic) bond motifs is 1. The van der Waals surface area contributed by atoms with Gasteiger partial charge in [-0.3, -0.25) is 19.4 Å². The van der Waals surface area contributed by atoms with Gasteiger partial charge in [0.2, 0.25) is 17.7 Å². The average molecular weight is 535 g/mol. The van der Waals surface area contributed by atoms with Crippen molar-refractivity contribution in [2.24, 2.45) is 22.2 Å². The number of aliphatic hydroxyl groups excluding tert-OH is 2. The van der Waals surface area contributed by atoms with Crippen LogP contribution in [0, 0.1) is 0 Å². The van der Waals surface area contributed by atoms with Crippen LogP contribution in [-0.2, 0) is 25.6 Å². The number of aromatic amines is 1. The molecule has 38 heavy (non-hydrogen) atoms. The molecule has 0 saturated heterocycles. The van der Waals surface area contributed by atoms with Crippen molar-refractivity contribution in [2.75, 3.05) is 19.8 Å². The van der Waals surface area contributed by atoms with Gasteiger partial charge in [0.15, 0.2) is 5.96 Å². The summed E-state index contributed by atoms with van der Waals surface area (Å²) >= 11 is 0. The summed E-state index contributed by atoms with van der Waals surface area (Å²) in [6.45, 7) is -1.41. The Labute approximate surface area is 217 Å². The van der Waals surface area contributed by atoms with E-state index in [9.17, 15) is 34.5 Å². The number of hydrogen-bond acceptors (Lipinski definition) is 8. The predicted molar refractivity (Wildman–Crippen MR) is 137 cm³/mol. The van der Waals surface area contributed by atoms with E-state index in [0.717, 1.165) is 10.9 Å². The van der Waals surface area contributed by atoms with Gasteiger partial charge in [0.25, 0.3) is 0 Å². The van der Waals surface area contributed by atoms with Crippen molar-refractivity contribution in [1.82, 2.24) is 20.9 Å². The fraction of sp³-hybridized carbons (Fsp3) is 0.435. The molecule has 0 saturated carbocycles. The Hall–Kier alpha value is -4.21. The lowest BCUT2D eigenvalue weighted by Gasteiger charge is -2.24. The number of aliphatic imine (C=N–C) groups is 1. The number of guanidine groups is 1. The van der Waals surface area contributed by atoms with Crippen LogP contribution in [0.4, 0.5) is 0 Å². The minimum atomic E-state index is -1.60. The molecule has 0 spiro atoms. The maximum atomic E-state index is 12.9. The van der Waals surface area contributed by atoms with Gasteiger partial charge in [0, 0.05) is 30.1 Å². The van der Waals surface area contributed by atoms with Crippen LogP contribution in [0.5, 0.6) is 0 Å². The highest BCUT2D eigenvalue weighted by Gasteiger charge is 2.30. The molecule has 0 aliphatic rings. The fourth-order valence-electron chi connectivity index (χ4n) is 3.58. The maximum absolute atomic E-state index is 12.9. The highest BCUT2D eigenvalue weighted by Crippen LogP contribution is 2.19. The zero-order chi connectivity index (χ0) is 28.2. The number of aromatic nitrogens is 1. The van der Waals surface area contributed by atoms with Crippen LogP contribution in [0.3, 0.4) is 0 Å². The molecule has 0 aliphatic carbocycles. The molecule has 0 radical (unpaired) electrons. The molecule has 3 amide bonds. The Morgan fingerprint density at radius 1 is 0.921 bits per heavy atom. The van der Waals surface area contributed by atoms with Crippen LogP contribution in [0.25, 0.3) is 10.9 Å². The minimum absolute atomic E-state index is 0.0598. The van der Waals surface area contributed by atoms with Crippen LogP contribution < -0.4 is 33.2 Å². The molecule has 0 fully saturated rings. The number of carboxylic acid groups (broad SMARTS) is 1. The molecule has 1 aromatic heterocycles. The van der Waals surface area contributed by atoms with Gasteiger partial charge >= 0.3 is 5.97 Å². The highest BCUT2D eigenvalue weighted by atomic mass is 16.4. The summed E-state index contributed by atoms with van der Waals surface area (Å²) in [5.74, 6) is -4.06. The third-order valence-corrected chi connectivity index (χ3v) is 5.65. The largest absolute Gasteiger partial charge is 0.480 e. The second-order valence-electron chi connectivity index (χ2n) is 8.51. The quantitative estimate of drug-likeness (QED) is 0.0614. The number of benzene rings is 1. The highest BCUT2D eigenvalue weighted by molar-refractivity contribution is 5.95. The number of hydrogen-bond donors (Lipinski definition) is 10. The number of para-hydroxylation sites is 1. The molecule has 2 aromatic rings. The Morgan fingerprint density at radius 2 is 1.53 bits per heavy atom. The molecule has 1 heterocycles. The molecular formula is C23H34N8O7. The Kier molecular flexibility index (Phi) is 11.5. The van der Waals surface area contributed by atoms with Gasteiger partial charge in [-0.05, 0) is 24.5 Å². The van der Waals surface area contributed by atoms with E-state index in [4.69, 9.17) is 17.2 Å². The van der Waals surface area contributed by atoms with E-state index in [1.54, 1.807) is 18.3 Å². The van der Waals surface area contributed by atoms with E-state index in [-0.39, 0.29) is 25.3 Å². The van der Waals surface area contributed by atoms with Crippen molar-refractivity contribution in [2.45, 2.75) is 43.4 Å². The number of carbonyl (C=O) groups is 4. The van der Waals surface area contributed by atoms with Gasteiger partial charge in [0.05, 0.1) is 19.3 Å². The first-order valence-electron chi connectivity index (χ1n) is 11.8. The Bertz CT molecular complexity index is 1150. The molecule has 4 atom stereocenters. The summed E-state index contributed by atoms with van der Waals surface area (Å²) in [4.78, 5) is 56.4. The van der Waals surface area contributed by atoms with Crippen molar-refractivity contribution in [1.29, 1.82) is 0 Å². The van der Waals surface area contributed by atoms with Crippen LogP contribution >= 0.6 is 0 Å². The number of nitrogens with zero attached hydrogens (tertiary/aromatic N) is 1. The average Bonchev–Trinajstić information content (AvgIpc) is 3.29. The molecule has 15 heteroatoms. The smallest absolute Gasteiger partial charge is 0.328 e. The molecule has 2 rings (SSSR count). The van der Waals surface area contributed by atoms with E-state index in [1.807, 2.05) is 12.1 Å². The Balaban J connectivity index is 2.14. The van der Waals surface area contributed by atoms with Gasteiger partial charge < -0.3 is 53.5 Å². The normalized spacial score (nSPS) is 14.1. The molecular weight excluding hydrogens is 500 g/mol. The molecule has 13 N–H and O–H groups in total. The van der Waals surface area contributed by atoms with Gasteiger partial charge in [-0.2, -0.15) is 0 Å². The van der Waals surface area contributed by atoms with Gasteiger partial charge in [-0.25, -0.2) is 4.79 Å². The van der Waals surface area contributed by atoms with E-state index in [2.05, 4.69) is 25.9 Å². The number of aliphatic carboxylic acids is 1. The SMILES string of the molecule is NC(N)=NCCCC(N)C(=O)NC(CO)C(=O)NC(Cc1c[nH]c2ccccc12)C(=O)NC(CO)C(=O)O. The predicted octanol–water partition coefficient (Wildman–Crippen LogP) is -3.39. The molecule has 208 valence electrons. The summed E-state index contributed by atoms with van der Waals surface area (Å²) in [6, 6.07) is 1.85. The summed E-state index contributed by atoms with van der Waals surface area (Å²) < 4.78 is 0. The zero-order valence-electron chi connectivity index (χ0n) is 20.6. The number of H-pyrrole nitrogens is 1. The summed E-state index contributed by atoms with van der Waals surface area (Å²) in [5.41, 5.74) is 17.7. The lowest BCUT2D eigenvalue weighted by atomic mass is 10.0. The lowest BCUT2D eigenvalue weighted by molar-refractivity contribution is -0.143. The van der Waals surface area contributed by atoms with Crippen molar-refractivity contribution in [3.8, 4) is 0 Å².